The third-order valence-corrected chi connectivity index (χ3v) is 8.15. The van der Waals surface area contributed by atoms with Crippen LogP contribution in [0.25, 0.3) is 0 Å². The summed E-state index contributed by atoms with van der Waals surface area (Å²) >= 11 is 0. The van der Waals surface area contributed by atoms with E-state index in [1.54, 1.807) is 0 Å². The first-order valence-corrected chi connectivity index (χ1v) is 18.1. The topological polar surface area (TPSA) is 26.3 Å². The van der Waals surface area contributed by atoms with E-state index in [9.17, 15) is 4.79 Å². The molecule has 0 atom stereocenters. The van der Waals surface area contributed by atoms with Crippen LogP contribution in [0.1, 0.15) is 213 Å². The monoisotopic (exact) mass is 549 g/mol. The second kappa shape index (κ2) is 35.2. The van der Waals surface area contributed by atoms with Gasteiger partial charge in [0, 0.05) is 6.42 Å². The summed E-state index contributed by atoms with van der Waals surface area (Å²) in [6.07, 6.45) is 45.6. The zero-order valence-electron chi connectivity index (χ0n) is 27.1. The fourth-order valence-corrected chi connectivity index (χ4v) is 5.43. The summed E-state index contributed by atoms with van der Waals surface area (Å²) in [7, 11) is 0. The number of carbonyl (C=O) groups is 1. The van der Waals surface area contributed by atoms with Crippen LogP contribution < -0.4 is 0 Å². The second-order valence-corrected chi connectivity index (χ2v) is 12.2. The zero-order valence-corrected chi connectivity index (χ0v) is 27.1. The highest BCUT2D eigenvalue weighted by atomic mass is 16.5. The molecule has 0 heterocycles. The van der Waals surface area contributed by atoms with Gasteiger partial charge >= 0.3 is 5.97 Å². The van der Waals surface area contributed by atoms with Crippen molar-refractivity contribution in [3.8, 4) is 0 Å². The molecule has 232 valence electrons. The molecule has 0 radical (unpaired) electrons. The lowest BCUT2D eigenvalue weighted by Crippen LogP contribution is -2.05. The third-order valence-electron chi connectivity index (χ3n) is 8.15. The minimum Gasteiger partial charge on any atom is -0.466 e. The largest absolute Gasteiger partial charge is 0.466 e. The Hall–Kier alpha value is -0.790. The standard InChI is InChI=1S/C37H72O2/c1-3-5-7-9-11-13-15-17-18-19-20-21-22-24-26-28-30-32-34-36-39-37(38)35-33-31-29-27-25-23-16-14-12-10-8-6-4-2/h14,16H,3-13,15,17-36H2,1-2H3/b16-14-. The Labute approximate surface area is 246 Å². The molecule has 0 aliphatic carbocycles. The van der Waals surface area contributed by atoms with E-state index in [2.05, 4.69) is 26.0 Å². The number of allylic oxidation sites excluding steroid dienone is 2. The van der Waals surface area contributed by atoms with Crippen molar-refractivity contribution in [1.82, 2.24) is 0 Å². The molecular formula is C37H72O2. The van der Waals surface area contributed by atoms with Gasteiger partial charge in [0.15, 0.2) is 0 Å². The number of rotatable bonds is 33. The molecule has 0 unspecified atom stereocenters. The molecule has 39 heavy (non-hydrogen) atoms. The number of ether oxygens (including phenoxy) is 1. The Kier molecular flexibility index (Phi) is 34.5. The van der Waals surface area contributed by atoms with Crippen molar-refractivity contribution in [1.29, 1.82) is 0 Å². The quantitative estimate of drug-likeness (QED) is 0.0463. The predicted octanol–water partition coefficient (Wildman–Crippen LogP) is 13.2. The van der Waals surface area contributed by atoms with Crippen molar-refractivity contribution >= 4 is 5.97 Å². The van der Waals surface area contributed by atoms with Gasteiger partial charge in [-0.3, -0.25) is 4.79 Å². The second-order valence-electron chi connectivity index (χ2n) is 12.2. The van der Waals surface area contributed by atoms with Crippen LogP contribution in [-0.4, -0.2) is 12.6 Å². The molecule has 0 aliphatic rings. The molecular weight excluding hydrogens is 476 g/mol. The molecule has 0 amide bonds. The molecule has 2 heteroatoms. The summed E-state index contributed by atoms with van der Waals surface area (Å²) in [6, 6.07) is 0. The molecule has 0 aromatic carbocycles. The average Bonchev–Trinajstić information content (AvgIpc) is 2.94. The van der Waals surface area contributed by atoms with Gasteiger partial charge < -0.3 is 4.74 Å². The van der Waals surface area contributed by atoms with E-state index >= 15 is 0 Å². The van der Waals surface area contributed by atoms with Crippen LogP contribution in [-0.2, 0) is 9.53 Å². The Morgan fingerprint density at radius 2 is 0.718 bits per heavy atom. The summed E-state index contributed by atoms with van der Waals surface area (Å²) in [5, 5.41) is 0. The van der Waals surface area contributed by atoms with Crippen LogP contribution in [0.15, 0.2) is 12.2 Å². The van der Waals surface area contributed by atoms with Crippen molar-refractivity contribution < 1.29 is 9.53 Å². The SMILES string of the molecule is CCCCCC/C=C\CCCCCCCC(=O)OCCCCCCCCCCCCCCCCCCCCC. The first kappa shape index (κ1) is 38.2. The lowest BCUT2D eigenvalue weighted by atomic mass is 10.0. The number of unbranched alkanes of at least 4 members (excludes halogenated alkanes) is 27. The van der Waals surface area contributed by atoms with Gasteiger partial charge in [-0.15, -0.1) is 0 Å². The summed E-state index contributed by atoms with van der Waals surface area (Å²) in [5.74, 6) is 0.0171. The van der Waals surface area contributed by atoms with E-state index in [-0.39, 0.29) is 5.97 Å². The molecule has 0 aromatic rings. The van der Waals surface area contributed by atoms with Crippen LogP contribution in [0.2, 0.25) is 0 Å². The van der Waals surface area contributed by atoms with Crippen LogP contribution in [0.4, 0.5) is 0 Å². The minimum absolute atomic E-state index is 0.0171. The van der Waals surface area contributed by atoms with Gasteiger partial charge in [-0.25, -0.2) is 0 Å². The van der Waals surface area contributed by atoms with Crippen molar-refractivity contribution in [3.05, 3.63) is 12.2 Å². The van der Waals surface area contributed by atoms with E-state index in [0.29, 0.717) is 13.0 Å². The Bertz CT molecular complexity index is 484. The minimum atomic E-state index is 0.0171. The highest BCUT2D eigenvalue weighted by molar-refractivity contribution is 5.69. The lowest BCUT2D eigenvalue weighted by molar-refractivity contribution is -0.143. The summed E-state index contributed by atoms with van der Waals surface area (Å²) in [4.78, 5) is 11.9. The average molecular weight is 549 g/mol. The molecule has 0 saturated heterocycles. The fourth-order valence-electron chi connectivity index (χ4n) is 5.43. The van der Waals surface area contributed by atoms with Gasteiger partial charge in [0.25, 0.3) is 0 Å². The van der Waals surface area contributed by atoms with Gasteiger partial charge in [-0.2, -0.15) is 0 Å². The molecule has 0 rings (SSSR count). The molecule has 0 fully saturated rings. The van der Waals surface area contributed by atoms with Crippen molar-refractivity contribution in [2.75, 3.05) is 6.61 Å². The smallest absolute Gasteiger partial charge is 0.305 e. The highest BCUT2D eigenvalue weighted by Gasteiger charge is 2.02. The summed E-state index contributed by atoms with van der Waals surface area (Å²) in [5.41, 5.74) is 0. The van der Waals surface area contributed by atoms with Gasteiger partial charge in [-0.1, -0.05) is 180 Å². The maximum absolute atomic E-state index is 11.9. The van der Waals surface area contributed by atoms with E-state index in [0.717, 1.165) is 19.3 Å². The molecule has 0 spiro atoms. The van der Waals surface area contributed by atoms with Gasteiger partial charge in [0.05, 0.1) is 6.61 Å². The third kappa shape index (κ3) is 35.2. The van der Waals surface area contributed by atoms with Gasteiger partial charge in [-0.05, 0) is 38.5 Å². The van der Waals surface area contributed by atoms with Crippen LogP contribution in [0.3, 0.4) is 0 Å². The van der Waals surface area contributed by atoms with E-state index in [1.165, 1.54) is 173 Å². The first-order valence-electron chi connectivity index (χ1n) is 18.1. The number of hydrogen-bond acceptors (Lipinski definition) is 2. The lowest BCUT2D eigenvalue weighted by Gasteiger charge is -2.06. The maximum Gasteiger partial charge on any atom is 0.305 e. The van der Waals surface area contributed by atoms with Crippen molar-refractivity contribution in [2.45, 2.75) is 213 Å². The number of hydrogen-bond donors (Lipinski definition) is 0. The number of carbonyl (C=O) groups excluding carboxylic acids is 1. The first-order chi connectivity index (χ1) is 19.3. The molecule has 0 bridgehead atoms. The van der Waals surface area contributed by atoms with Crippen LogP contribution in [0, 0.1) is 0 Å². The molecule has 2 nitrogen and oxygen atoms in total. The molecule has 0 N–H and O–H groups in total. The van der Waals surface area contributed by atoms with Gasteiger partial charge in [0.2, 0.25) is 0 Å². The van der Waals surface area contributed by atoms with Crippen molar-refractivity contribution in [3.63, 3.8) is 0 Å². The Balaban J connectivity index is 3.17. The van der Waals surface area contributed by atoms with Crippen molar-refractivity contribution in [2.24, 2.45) is 0 Å². The van der Waals surface area contributed by atoms with Crippen LogP contribution in [0.5, 0.6) is 0 Å². The summed E-state index contributed by atoms with van der Waals surface area (Å²) in [6.45, 7) is 5.19. The molecule has 0 aromatic heterocycles. The van der Waals surface area contributed by atoms with Gasteiger partial charge in [0.1, 0.15) is 0 Å². The number of esters is 1. The zero-order chi connectivity index (χ0) is 28.3. The molecule has 0 aliphatic heterocycles. The highest BCUT2D eigenvalue weighted by Crippen LogP contribution is 2.15. The maximum atomic E-state index is 11.9. The van der Waals surface area contributed by atoms with E-state index in [4.69, 9.17) is 4.74 Å². The predicted molar refractivity (Wildman–Crippen MR) is 175 cm³/mol. The fraction of sp³-hybridized carbons (Fsp3) is 0.919. The Morgan fingerprint density at radius 1 is 0.410 bits per heavy atom. The van der Waals surface area contributed by atoms with E-state index in [1.807, 2.05) is 0 Å². The van der Waals surface area contributed by atoms with E-state index < -0.39 is 0 Å². The van der Waals surface area contributed by atoms with Crippen LogP contribution >= 0.6 is 0 Å². The Morgan fingerprint density at radius 3 is 1.13 bits per heavy atom. The molecule has 0 saturated carbocycles. The summed E-state index contributed by atoms with van der Waals surface area (Å²) < 4.78 is 5.43. The normalized spacial score (nSPS) is 11.5.